The normalized spacial score (nSPS) is 18.8. The first-order chi connectivity index (χ1) is 16.9. The van der Waals surface area contributed by atoms with E-state index >= 15 is 0 Å². The third-order valence-electron chi connectivity index (χ3n) is 6.22. The summed E-state index contributed by atoms with van der Waals surface area (Å²) in [6.07, 6.45) is -0.167. The molecule has 1 aliphatic rings. The second-order valence-corrected chi connectivity index (χ2v) is 12.2. The van der Waals surface area contributed by atoms with Gasteiger partial charge in [0.05, 0.1) is 0 Å². The summed E-state index contributed by atoms with van der Waals surface area (Å²) < 4.78 is 5.37. The fourth-order valence-corrected chi connectivity index (χ4v) is 4.16. The number of amides is 4. The number of alkyl carbamates (subject to hydrolysis) is 1. The minimum Gasteiger partial charge on any atom is -0.444 e. The lowest BCUT2D eigenvalue weighted by atomic mass is 9.96. The number of primary amides is 1. The lowest BCUT2D eigenvalue weighted by molar-refractivity contribution is -0.144. The maximum absolute atomic E-state index is 14.1. The van der Waals surface area contributed by atoms with E-state index in [1.54, 1.807) is 25.7 Å². The molecule has 1 saturated carbocycles. The molecule has 9 nitrogen and oxygen atoms in total. The Morgan fingerprint density at radius 1 is 1.08 bits per heavy atom. The Kier molecular flexibility index (Phi) is 9.38. The summed E-state index contributed by atoms with van der Waals surface area (Å²) in [5, 5.41) is 5.66. The van der Waals surface area contributed by atoms with Crippen molar-refractivity contribution in [1.29, 1.82) is 0 Å². The summed E-state index contributed by atoms with van der Waals surface area (Å²) in [7, 11) is 0. The van der Waals surface area contributed by atoms with Crippen molar-refractivity contribution < 1.29 is 23.9 Å². The van der Waals surface area contributed by atoms with Crippen LogP contribution < -0.4 is 16.4 Å². The van der Waals surface area contributed by atoms with Crippen LogP contribution in [0.4, 0.5) is 4.79 Å². The Balaban J connectivity index is 2.55. The average Bonchev–Trinajstić information content (AvgIpc) is 3.43. The van der Waals surface area contributed by atoms with Crippen molar-refractivity contribution >= 4 is 23.8 Å². The molecule has 206 valence electrons. The van der Waals surface area contributed by atoms with Gasteiger partial charge in [-0.15, -0.1) is 0 Å². The highest BCUT2D eigenvalue weighted by Gasteiger charge is 2.48. The van der Waals surface area contributed by atoms with E-state index in [2.05, 4.69) is 10.6 Å². The van der Waals surface area contributed by atoms with Crippen LogP contribution in [0.2, 0.25) is 0 Å². The minimum atomic E-state index is -1.09. The number of nitrogens with zero attached hydrogens (tertiary/aromatic N) is 1. The predicted octanol–water partition coefficient (Wildman–Crippen LogP) is 3.66. The molecule has 2 rings (SSSR count). The molecule has 4 unspecified atom stereocenters. The summed E-state index contributed by atoms with van der Waals surface area (Å²) in [6, 6.07) is 3.52. The lowest BCUT2D eigenvalue weighted by Crippen LogP contribution is -2.55. The number of nitrogens with one attached hydrogen (secondary N) is 2. The van der Waals surface area contributed by atoms with Crippen LogP contribution in [0.3, 0.4) is 0 Å². The molecule has 9 heteroatoms. The molecule has 4 N–H and O–H groups in total. The molecule has 1 aliphatic carbocycles. The Labute approximate surface area is 220 Å². The summed E-state index contributed by atoms with van der Waals surface area (Å²) >= 11 is 0. The highest BCUT2D eigenvalue weighted by Crippen LogP contribution is 2.41. The van der Waals surface area contributed by atoms with Crippen molar-refractivity contribution in [2.24, 2.45) is 11.7 Å². The lowest BCUT2D eigenvalue weighted by Gasteiger charge is -2.36. The number of ether oxygens (including phenoxy) is 1. The monoisotopic (exact) mass is 516 g/mol. The molecule has 0 radical (unpaired) electrons. The van der Waals surface area contributed by atoms with Crippen molar-refractivity contribution in [1.82, 2.24) is 15.5 Å². The van der Waals surface area contributed by atoms with E-state index in [0.29, 0.717) is 5.56 Å². The van der Waals surface area contributed by atoms with E-state index in [1.165, 1.54) is 0 Å². The SMILES string of the molecule is Cc1ccc(C(C(=O)NC(C)(C)C)N(C(=O)C(CCC(N)=O)NC(=O)OC(C)(C)C)C2CC2C)cc1C. The maximum Gasteiger partial charge on any atom is 0.408 e. The maximum atomic E-state index is 14.1. The van der Waals surface area contributed by atoms with Crippen molar-refractivity contribution in [3.63, 3.8) is 0 Å². The minimum absolute atomic E-state index is 0.00839. The standard InChI is InChI=1S/C28H44N4O5/c1-16-10-11-19(14-17(16)2)23(24(34)31-27(4,5)6)32(21-15-18(21)3)25(35)20(12-13-22(29)33)30-26(36)37-28(7,8)9/h10-11,14,18,20-21,23H,12-13,15H2,1-9H3,(H2,29,33)(H,30,36)(H,31,34). The largest absolute Gasteiger partial charge is 0.444 e. The summed E-state index contributed by atoms with van der Waals surface area (Å²) in [5.41, 5.74) is 6.82. The zero-order valence-corrected chi connectivity index (χ0v) is 23.7. The van der Waals surface area contributed by atoms with Crippen LogP contribution in [-0.4, -0.2) is 51.9 Å². The molecule has 4 atom stereocenters. The van der Waals surface area contributed by atoms with Gasteiger partial charge >= 0.3 is 6.09 Å². The molecule has 0 heterocycles. The number of carbonyl (C=O) groups is 4. The van der Waals surface area contributed by atoms with Gasteiger partial charge in [-0.2, -0.15) is 0 Å². The summed E-state index contributed by atoms with van der Waals surface area (Å²) in [6.45, 7) is 16.8. The first kappa shape index (κ1) is 30.1. The number of hydrogen-bond acceptors (Lipinski definition) is 5. The van der Waals surface area contributed by atoms with Crippen LogP contribution in [0, 0.1) is 19.8 Å². The van der Waals surface area contributed by atoms with E-state index in [0.717, 1.165) is 17.5 Å². The highest BCUT2D eigenvalue weighted by molar-refractivity contribution is 5.93. The van der Waals surface area contributed by atoms with Gasteiger partial charge in [-0.05, 0) is 90.8 Å². The fourth-order valence-electron chi connectivity index (χ4n) is 4.16. The molecule has 4 amide bonds. The second-order valence-electron chi connectivity index (χ2n) is 12.2. The molecule has 0 bridgehead atoms. The first-order valence-electron chi connectivity index (χ1n) is 12.9. The molecule has 0 aromatic heterocycles. The van der Waals surface area contributed by atoms with E-state index in [1.807, 2.05) is 59.7 Å². The number of aryl methyl sites for hydroxylation is 2. The molecule has 1 fully saturated rings. The summed E-state index contributed by atoms with van der Waals surface area (Å²) in [5.74, 6) is -1.17. The Morgan fingerprint density at radius 3 is 2.14 bits per heavy atom. The smallest absolute Gasteiger partial charge is 0.408 e. The molecular formula is C28H44N4O5. The predicted molar refractivity (Wildman–Crippen MR) is 143 cm³/mol. The van der Waals surface area contributed by atoms with Crippen LogP contribution in [0.25, 0.3) is 0 Å². The Bertz CT molecular complexity index is 1020. The van der Waals surface area contributed by atoms with Gasteiger partial charge in [0.1, 0.15) is 17.7 Å². The molecule has 0 saturated heterocycles. The molecule has 1 aromatic carbocycles. The highest BCUT2D eigenvalue weighted by atomic mass is 16.6. The topological polar surface area (TPSA) is 131 Å². The van der Waals surface area contributed by atoms with Crippen molar-refractivity contribution in [2.45, 2.75) is 111 Å². The van der Waals surface area contributed by atoms with Gasteiger partial charge in [0.15, 0.2) is 0 Å². The van der Waals surface area contributed by atoms with Crippen LogP contribution in [0.1, 0.15) is 90.5 Å². The van der Waals surface area contributed by atoms with E-state index in [-0.39, 0.29) is 30.7 Å². The van der Waals surface area contributed by atoms with Gasteiger partial charge < -0.3 is 26.0 Å². The molecule has 0 aliphatic heterocycles. The number of rotatable bonds is 9. The van der Waals surface area contributed by atoms with E-state index in [4.69, 9.17) is 10.5 Å². The quantitative estimate of drug-likeness (QED) is 0.461. The van der Waals surface area contributed by atoms with Crippen molar-refractivity contribution in [2.75, 3.05) is 0 Å². The molecule has 0 spiro atoms. The van der Waals surface area contributed by atoms with Gasteiger partial charge in [-0.1, -0.05) is 25.1 Å². The zero-order chi connectivity index (χ0) is 28.3. The molecule has 1 aromatic rings. The third kappa shape index (κ3) is 9.05. The van der Waals surface area contributed by atoms with Crippen LogP contribution >= 0.6 is 0 Å². The van der Waals surface area contributed by atoms with Gasteiger partial charge in [0.2, 0.25) is 17.7 Å². The second kappa shape index (κ2) is 11.5. The Morgan fingerprint density at radius 2 is 1.68 bits per heavy atom. The average molecular weight is 517 g/mol. The van der Waals surface area contributed by atoms with E-state index in [9.17, 15) is 19.2 Å². The van der Waals surface area contributed by atoms with Gasteiger partial charge in [-0.25, -0.2) is 4.79 Å². The number of hydrogen-bond donors (Lipinski definition) is 3. The van der Waals surface area contributed by atoms with Crippen LogP contribution in [0.5, 0.6) is 0 Å². The Hall–Kier alpha value is -3.10. The number of benzene rings is 1. The van der Waals surface area contributed by atoms with E-state index < -0.39 is 41.1 Å². The van der Waals surface area contributed by atoms with Crippen LogP contribution in [0.15, 0.2) is 18.2 Å². The van der Waals surface area contributed by atoms with Gasteiger partial charge in [0, 0.05) is 18.0 Å². The van der Waals surface area contributed by atoms with Crippen LogP contribution in [-0.2, 0) is 19.1 Å². The van der Waals surface area contributed by atoms with Crippen molar-refractivity contribution in [3.8, 4) is 0 Å². The zero-order valence-electron chi connectivity index (χ0n) is 23.7. The number of nitrogens with two attached hydrogens (primary N) is 1. The number of carbonyl (C=O) groups excluding carboxylic acids is 4. The first-order valence-corrected chi connectivity index (χ1v) is 12.9. The van der Waals surface area contributed by atoms with Gasteiger partial charge in [0.25, 0.3) is 0 Å². The summed E-state index contributed by atoms with van der Waals surface area (Å²) in [4.78, 5) is 53.7. The van der Waals surface area contributed by atoms with Gasteiger partial charge in [-0.3, -0.25) is 14.4 Å². The third-order valence-corrected chi connectivity index (χ3v) is 6.22. The van der Waals surface area contributed by atoms with Crippen molar-refractivity contribution in [3.05, 3.63) is 34.9 Å². The fraction of sp³-hybridized carbons (Fsp3) is 0.643. The molecule has 37 heavy (non-hydrogen) atoms. The molecular weight excluding hydrogens is 472 g/mol.